The van der Waals surface area contributed by atoms with Crippen molar-refractivity contribution in [2.24, 2.45) is 5.73 Å². The van der Waals surface area contributed by atoms with E-state index in [4.69, 9.17) is 15.2 Å². The standard InChI is InChI=1S/C26H30N2O4/c1-16-11-17(2)13-18(12-16)14-28-20-8-5-4-7-19(26(27)30)24(20)25-21(28)9-6-10-22(25)32-15-23(29)31-3/h6,9-13,19H,4-5,7-8,14-15H2,1-3H3,(H2,27,30). The normalized spacial score (nSPS) is 15.8. The summed E-state index contributed by atoms with van der Waals surface area (Å²) in [6, 6.07) is 12.4. The maximum absolute atomic E-state index is 12.5. The molecule has 2 aromatic carbocycles. The quantitative estimate of drug-likeness (QED) is 0.467. The number of ether oxygens (including phenoxy) is 2. The monoisotopic (exact) mass is 434 g/mol. The molecule has 1 aliphatic rings. The Labute approximate surface area is 188 Å². The third-order valence-corrected chi connectivity index (χ3v) is 6.24. The van der Waals surface area contributed by atoms with Crippen LogP contribution in [0.2, 0.25) is 0 Å². The molecule has 6 heteroatoms. The Morgan fingerprint density at radius 2 is 1.88 bits per heavy atom. The molecule has 0 radical (unpaired) electrons. The highest BCUT2D eigenvalue weighted by Crippen LogP contribution is 2.42. The number of rotatable bonds is 6. The lowest BCUT2D eigenvalue weighted by Crippen LogP contribution is -2.21. The van der Waals surface area contributed by atoms with Crippen molar-refractivity contribution in [1.82, 2.24) is 4.57 Å². The van der Waals surface area contributed by atoms with Crippen LogP contribution in [0.4, 0.5) is 0 Å². The Balaban J connectivity index is 1.92. The molecule has 4 rings (SSSR count). The highest BCUT2D eigenvalue weighted by molar-refractivity contribution is 5.97. The van der Waals surface area contributed by atoms with Crippen LogP contribution < -0.4 is 10.5 Å². The number of hydrogen-bond donors (Lipinski definition) is 1. The SMILES string of the molecule is COC(=O)COc1cccc2c1c1c(n2Cc2cc(C)cc(C)c2)CCCCC1C(N)=O. The number of nitrogens with two attached hydrogens (primary N) is 1. The molecular formula is C26H30N2O4. The molecule has 6 nitrogen and oxygen atoms in total. The molecule has 0 spiro atoms. The summed E-state index contributed by atoms with van der Waals surface area (Å²) in [5.41, 5.74) is 12.6. The number of carbonyl (C=O) groups excluding carboxylic acids is 2. The van der Waals surface area contributed by atoms with Crippen LogP contribution in [-0.2, 0) is 27.3 Å². The second-order valence-corrected chi connectivity index (χ2v) is 8.66. The summed E-state index contributed by atoms with van der Waals surface area (Å²) in [7, 11) is 1.34. The number of aromatic nitrogens is 1. The van der Waals surface area contributed by atoms with Gasteiger partial charge >= 0.3 is 5.97 Å². The molecule has 1 aliphatic carbocycles. The van der Waals surface area contributed by atoms with Crippen molar-refractivity contribution in [2.75, 3.05) is 13.7 Å². The first-order chi connectivity index (χ1) is 15.4. The third kappa shape index (κ3) is 4.22. The molecule has 168 valence electrons. The number of benzene rings is 2. The van der Waals surface area contributed by atoms with Crippen LogP contribution in [-0.4, -0.2) is 30.2 Å². The predicted octanol–water partition coefficient (Wildman–Crippen LogP) is 4.15. The van der Waals surface area contributed by atoms with Gasteiger partial charge in [-0.05, 0) is 56.4 Å². The highest BCUT2D eigenvalue weighted by atomic mass is 16.6. The number of esters is 1. The second-order valence-electron chi connectivity index (χ2n) is 8.66. The summed E-state index contributed by atoms with van der Waals surface area (Å²) in [6.07, 6.45) is 3.53. The van der Waals surface area contributed by atoms with Gasteiger partial charge in [-0.25, -0.2) is 4.79 Å². The zero-order valence-corrected chi connectivity index (χ0v) is 18.9. The molecule has 0 aliphatic heterocycles. The van der Waals surface area contributed by atoms with E-state index < -0.39 is 5.97 Å². The van der Waals surface area contributed by atoms with E-state index in [1.165, 1.54) is 23.8 Å². The number of fused-ring (bicyclic) bond motifs is 3. The van der Waals surface area contributed by atoms with E-state index in [0.29, 0.717) is 12.3 Å². The van der Waals surface area contributed by atoms with Crippen molar-refractivity contribution >= 4 is 22.8 Å². The number of nitrogens with zero attached hydrogens (tertiary/aromatic N) is 1. The number of aryl methyl sites for hydroxylation is 2. The van der Waals surface area contributed by atoms with E-state index in [9.17, 15) is 9.59 Å². The second kappa shape index (κ2) is 9.07. The number of primary amides is 1. The van der Waals surface area contributed by atoms with Gasteiger partial charge in [-0.1, -0.05) is 41.8 Å². The third-order valence-electron chi connectivity index (χ3n) is 6.24. The Morgan fingerprint density at radius 1 is 1.12 bits per heavy atom. The van der Waals surface area contributed by atoms with Crippen LogP contribution in [0.25, 0.3) is 10.9 Å². The summed E-state index contributed by atoms with van der Waals surface area (Å²) in [5, 5.41) is 0.876. The molecule has 3 aromatic rings. The van der Waals surface area contributed by atoms with Gasteiger partial charge in [0.05, 0.1) is 18.5 Å². The smallest absolute Gasteiger partial charge is 0.343 e. The van der Waals surface area contributed by atoms with Gasteiger partial charge in [0.15, 0.2) is 6.61 Å². The van der Waals surface area contributed by atoms with E-state index in [1.54, 1.807) is 0 Å². The van der Waals surface area contributed by atoms with E-state index in [2.05, 4.69) is 42.7 Å². The van der Waals surface area contributed by atoms with Gasteiger partial charge < -0.3 is 19.8 Å². The lowest BCUT2D eigenvalue weighted by molar-refractivity contribution is -0.142. The number of methoxy groups -OCH3 is 1. The van der Waals surface area contributed by atoms with Crippen LogP contribution in [0, 0.1) is 13.8 Å². The molecule has 32 heavy (non-hydrogen) atoms. The van der Waals surface area contributed by atoms with Crippen molar-refractivity contribution in [1.29, 1.82) is 0 Å². The zero-order valence-electron chi connectivity index (χ0n) is 18.9. The average Bonchev–Trinajstić information content (AvgIpc) is 2.90. The summed E-state index contributed by atoms with van der Waals surface area (Å²) < 4.78 is 12.9. The van der Waals surface area contributed by atoms with Crippen LogP contribution in [0.3, 0.4) is 0 Å². The Bertz CT molecular complexity index is 1160. The number of amides is 1. The molecule has 1 atom stereocenters. The first-order valence-electron chi connectivity index (χ1n) is 11.1. The molecule has 1 heterocycles. The minimum atomic E-state index is -0.450. The average molecular weight is 435 g/mol. The van der Waals surface area contributed by atoms with Crippen LogP contribution in [0.1, 0.15) is 53.1 Å². The minimum Gasteiger partial charge on any atom is -0.481 e. The largest absolute Gasteiger partial charge is 0.481 e. The van der Waals surface area contributed by atoms with E-state index in [0.717, 1.165) is 47.8 Å². The lowest BCUT2D eigenvalue weighted by atomic mass is 9.92. The van der Waals surface area contributed by atoms with Gasteiger partial charge in [0.2, 0.25) is 5.91 Å². The first-order valence-corrected chi connectivity index (χ1v) is 11.1. The van der Waals surface area contributed by atoms with Crippen molar-refractivity contribution in [2.45, 2.75) is 52.0 Å². The van der Waals surface area contributed by atoms with Gasteiger partial charge in [-0.3, -0.25) is 4.79 Å². The van der Waals surface area contributed by atoms with Crippen molar-refractivity contribution in [3.63, 3.8) is 0 Å². The Hall–Kier alpha value is -3.28. The molecule has 1 unspecified atom stereocenters. The Kier molecular flexibility index (Phi) is 6.21. The Morgan fingerprint density at radius 3 is 2.56 bits per heavy atom. The van der Waals surface area contributed by atoms with E-state index >= 15 is 0 Å². The summed E-state index contributed by atoms with van der Waals surface area (Å²) >= 11 is 0. The van der Waals surface area contributed by atoms with Crippen LogP contribution >= 0.6 is 0 Å². The number of carbonyl (C=O) groups is 2. The molecule has 0 fully saturated rings. The molecular weight excluding hydrogens is 404 g/mol. The van der Waals surface area contributed by atoms with Crippen molar-refractivity contribution < 1.29 is 19.1 Å². The minimum absolute atomic E-state index is 0.187. The zero-order chi connectivity index (χ0) is 22.8. The van der Waals surface area contributed by atoms with E-state index in [-0.39, 0.29) is 18.4 Å². The maximum Gasteiger partial charge on any atom is 0.343 e. The molecule has 0 bridgehead atoms. The predicted molar refractivity (Wildman–Crippen MR) is 124 cm³/mol. The summed E-state index contributed by atoms with van der Waals surface area (Å²) in [5.74, 6) is -0.564. The summed E-state index contributed by atoms with van der Waals surface area (Å²) in [6.45, 7) is 4.72. The fourth-order valence-corrected chi connectivity index (χ4v) is 5.00. The van der Waals surface area contributed by atoms with Crippen molar-refractivity contribution in [3.8, 4) is 5.75 Å². The fraction of sp³-hybridized carbons (Fsp3) is 0.385. The highest BCUT2D eigenvalue weighted by Gasteiger charge is 2.31. The summed E-state index contributed by atoms with van der Waals surface area (Å²) in [4.78, 5) is 24.2. The van der Waals surface area contributed by atoms with Gasteiger partial charge in [-0.2, -0.15) is 0 Å². The van der Waals surface area contributed by atoms with Gasteiger partial charge in [-0.15, -0.1) is 0 Å². The molecule has 1 amide bonds. The fourth-order valence-electron chi connectivity index (χ4n) is 5.00. The maximum atomic E-state index is 12.5. The van der Waals surface area contributed by atoms with Crippen molar-refractivity contribution in [3.05, 3.63) is 64.3 Å². The molecule has 1 aromatic heterocycles. The molecule has 0 saturated carbocycles. The topological polar surface area (TPSA) is 83.6 Å². The van der Waals surface area contributed by atoms with E-state index in [1.807, 2.05) is 12.1 Å². The van der Waals surface area contributed by atoms with Gasteiger partial charge in [0.1, 0.15) is 5.75 Å². The first kappa shape index (κ1) is 21.9. The van der Waals surface area contributed by atoms with Crippen LogP contribution in [0.5, 0.6) is 5.75 Å². The molecule has 0 saturated heterocycles. The van der Waals surface area contributed by atoms with Gasteiger partial charge in [0.25, 0.3) is 0 Å². The number of hydrogen-bond acceptors (Lipinski definition) is 4. The molecule has 2 N–H and O–H groups in total. The van der Waals surface area contributed by atoms with Gasteiger partial charge in [0, 0.05) is 17.6 Å². The van der Waals surface area contributed by atoms with Crippen LogP contribution in [0.15, 0.2) is 36.4 Å². The lowest BCUT2D eigenvalue weighted by Gasteiger charge is -2.14.